The maximum absolute atomic E-state index is 11.4. The molecule has 0 aromatic heterocycles. The molecular formula is C13H20ClN3O3. The Morgan fingerprint density at radius 1 is 1.30 bits per heavy atom. The third-order valence-corrected chi connectivity index (χ3v) is 2.41. The molecule has 1 aromatic rings. The Kier molecular flexibility index (Phi) is 8.35. The number of carbonyl (C=O) groups excluding carboxylic acids is 2. The molecule has 0 aliphatic heterocycles. The summed E-state index contributed by atoms with van der Waals surface area (Å²) < 4.78 is 5.39. The van der Waals surface area contributed by atoms with Crippen LogP contribution in [0.1, 0.15) is 13.3 Å². The molecule has 1 aromatic carbocycles. The minimum Gasteiger partial charge on any atom is -0.493 e. The Morgan fingerprint density at radius 3 is 2.40 bits per heavy atom. The van der Waals surface area contributed by atoms with E-state index in [1.807, 2.05) is 0 Å². The lowest BCUT2D eigenvalue weighted by Gasteiger charge is -2.09. The van der Waals surface area contributed by atoms with Crippen LogP contribution in [0.3, 0.4) is 0 Å². The number of amides is 2. The number of hydrogen-bond acceptors (Lipinski definition) is 4. The fourth-order valence-electron chi connectivity index (χ4n) is 1.28. The van der Waals surface area contributed by atoms with Gasteiger partial charge in [-0.25, -0.2) is 0 Å². The van der Waals surface area contributed by atoms with Gasteiger partial charge in [-0.05, 0) is 31.2 Å². The van der Waals surface area contributed by atoms with Crippen LogP contribution in [0.2, 0.25) is 0 Å². The lowest BCUT2D eigenvalue weighted by molar-refractivity contribution is -0.121. The Bertz CT molecular complexity index is 435. The van der Waals surface area contributed by atoms with Gasteiger partial charge in [0.2, 0.25) is 11.8 Å². The first-order chi connectivity index (χ1) is 9.02. The van der Waals surface area contributed by atoms with E-state index < -0.39 is 6.04 Å². The predicted octanol–water partition coefficient (Wildman–Crippen LogP) is 0.909. The normalized spacial score (nSPS) is 10.9. The maximum Gasteiger partial charge on any atom is 0.240 e. The highest BCUT2D eigenvalue weighted by molar-refractivity contribution is 5.94. The van der Waals surface area contributed by atoms with Crippen molar-refractivity contribution >= 4 is 29.9 Å². The monoisotopic (exact) mass is 301 g/mol. The summed E-state index contributed by atoms with van der Waals surface area (Å²) in [5.74, 6) is 0.330. The smallest absolute Gasteiger partial charge is 0.240 e. The molecule has 6 nitrogen and oxygen atoms in total. The van der Waals surface area contributed by atoms with Crippen molar-refractivity contribution < 1.29 is 14.3 Å². The van der Waals surface area contributed by atoms with Gasteiger partial charge in [0.1, 0.15) is 5.75 Å². The molecule has 0 bridgehead atoms. The van der Waals surface area contributed by atoms with Gasteiger partial charge in [-0.2, -0.15) is 0 Å². The van der Waals surface area contributed by atoms with E-state index in [2.05, 4.69) is 10.6 Å². The fraction of sp³-hybridized carbons (Fsp3) is 0.385. The van der Waals surface area contributed by atoms with E-state index >= 15 is 0 Å². The number of nitrogens with two attached hydrogens (primary N) is 1. The molecule has 0 aliphatic rings. The number of halogens is 1. The van der Waals surface area contributed by atoms with Crippen molar-refractivity contribution in [2.75, 3.05) is 19.0 Å². The van der Waals surface area contributed by atoms with Crippen molar-refractivity contribution in [1.29, 1.82) is 0 Å². The highest BCUT2D eigenvalue weighted by atomic mass is 35.5. The van der Waals surface area contributed by atoms with Crippen LogP contribution in [0.5, 0.6) is 5.75 Å². The highest BCUT2D eigenvalue weighted by Crippen LogP contribution is 2.15. The summed E-state index contributed by atoms with van der Waals surface area (Å²) in [6.07, 6.45) is 0.305. The van der Waals surface area contributed by atoms with E-state index in [1.165, 1.54) is 0 Å². The van der Waals surface area contributed by atoms with Crippen molar-refractivity contribution in [3.8, 4) is 5.75 Å². The zero-order valence-corrected chi connectivity index (χ0v) is 12.3. The first-order valence-corrected chi connectivity index (χ1v) is 6.03. The number of hydrogen-bond donors (Lipinski definition) is 3. The van der Waals surface area contributed by atoms with Crippen LogP contribution in [-0.4, -0.2) is 31.5 Å². The average Bonchev–Trinajstić information content (AvgIpc) is 2.40. The summed E-state index contributed by atoms with van der Waals surface area (Å²) in [6, 6.07) is 6.33. The van der Waals surface area contributed by atoms with E-state index in [9.17, 15) is 9.59 Å². The molecule has 112 valence electrons. The second-order valence-corrected chi connectivity index (χ2v) is 4.07. The zero-order chi connectivity index (χ0) is 14.3. The molecule has 0 heterocycles. The second-order valence-electron chi connectivity index (χ2n) is 4.07. The molecule has 7 heteroatoms. The van der Waals surface area contributed by atoms with Crippen molar-refractivity contribution in [3.05, 3.63) is 24.3 Å². The number of anilines is 1. The SMILES string of the molecule is CNC(=O)CCOc1ccc(NC(=O)[C@H](C)N)cc1.Cl. The summed E-state index contributed by atoms with van der Waals surface area (Å²) >= 11 is 0. The van der Waals surface area contributed by atoms with Crippen molar-refractivity contribution in [3.63, 3.8) is 0 Å². The molecule has 0 aliphatic carbocycles. The van der Waals surface area contributed by atoms with Crippen molar-refractivity contribution in [2.24, 2.45) is 5.73 Å². The molecule has 0 spiro atoms. The number of ether oxygens (including phenoxy) is 1. The first kappa shape index (κ1) is 18.2. The zero-order valence-electron chi connectivity index (χ0n) is 11.5. The van der Waals surface area contributed by atoms with Crippen LogP contribution < -0.4 is 21.1 Å². The van der Waals surface area contributed by atoms with Gasteiger partial charge in [-0.15, -0.1) is 12.4 Å². The standard InChI is InChI=1S/C13H19N3O3.ClH/c1-9(14)13(18)16-10-3-5-11(6-4-10)19-8-7-12(17)15-2;/h3-6,9H,7-8,14H2,1-2H3,(H,15,17)(H,16,18);1H/t9-;/m0./s1. The lowest BCUT2D eigenvalue weighted by Crippen LogP contribution is -2.32. The second kappa shape index (κ2) is 9.17. The van der Waals surface area contributed by atoms with E-state index in [0.717, 1.165) is 0 Å². The highest BCUT2D eigenvalue weighted by Gasteiger charge is 2.07. The van der Waals surface area contributed by atoms with Gasteiger partial charge in [0.25, 0.3) is 0 Å². The van der Waals surface area contributed by atoms with Crippen LogP contribution in [0.15, 0.2) is 24.3 Å². The number of benzene rings is 1. The summed E-state index contributed by atoms with van der Waals surface area (Å²) in [5, 5.41) is 5.18. The van der Waals surface area contributed by atoms with Gasteiger partial charge in [-0.3, -0.25) is 9.59 Å². The minimum atomic E-state index is -0.552. The van der Waals surface area contributed by atoms with Crippen LogP contribution in [0, 0.1) is 0 Å². The van der Waals surface area contributed by atoms with Gasteiger partial charge < -0.3 is 21.1 Å². The lowest BCUT2D eigenvalue weighted by atomic mass is 10.2. The van der Waals surface area contributed by atoms with Crippen molar-refractivity contribution in [1.82, 2.24) is 5.32 Å². The number of rotatable bonds is 6. The molecule has 0 saturated heterocycles. The number of carbonyl (C=O) groups is 2. The number of nitrogens with one attached hydrogen (secondary N) is 2. The molecule has 0 saturated carbocycles. The Balaban J connectivity index is 0.00000361. The molecule has 0 unspecified atom stereocenters. The quantitative estimate of drug-likeness (QED) is 0.728. The molecule has 20 heavy (non-hydrogen) atoms. The maximum atomic E-state index is 11.4. The third kappa shape index (κ3) is 6.40. The summed E-state index contributed by atoms with van der Waals surface area (Å²) in [6.45, 7) is 1.93. The van der Waals surface area contributed by atoms with Crippen LogP contribution >= 0.6 is 12.4 Å². The molecule has 0 fully saturated rings. The summed E-state index contributed by atoms with van der Waals surface area (Å²) in [7, 11) is 1.58. The van der Waals surface area contributed by atoms with Gasteiger partial charge in [-0.1, -0.05) is 0 Å². The third-order valence-electron chi connectivity index (χ3n) is 2.41. The minimum absolute atomic E-state index is 0. The molecule has 4 N–H and O–H groups in total. The topological polar surface area (TPSA) is 93.5 Å². The van der Waals surface area contributed by atoms with Gasteiger partial charge in [0, 0.05) is 12.7 Å². The first-order valence-electron chi connectivity index (χ1n) is 6.03. The van der Waals surface area contributed by atoms with E-state index in [4.69, 9.17) is 10.5 Å². The molecule has 0 radical (unpaired) electrons. The summed E-state index contributed by atoms with van der Waals surface area (Å²) in [5.41, 5.74) is 6.10. The Hall–Kier alpha value is -1.79. The van der Waals surface area contributed by atoms with Gasteiger partial charge in [0.05, 0.1) is 19.1 Å². The molecule has 1 atom stereocenters. The van der Waals surface area contributed by atoms with E-state index in [0.29, 0.717) is 24.5 Å². The largest absolute Gasteiger partial charge is 0.493 e. The van der Waals surface area contributed by atoms with E-state index in [-0.39, 0.29) is 24.2 Å². The van der Waals surface area contributed by atoms with Gasteiger partial charge >= 0.3 is 0 Å². The Labute approximate surface area is 124 Å². The van der Waals surface area contributed by atoms with Crippen molar-refractivity contribution in [2.45, 2.75) is 19.4 Å². The molecule has 2 amide bonds. The van der Waals surface area contributed by atoms with Gasteiger partial charge in [0.15, 0.2) is 0 Å². The predicted molar refractivity (Wildman–Crippen MR) is 80.1 cm³/mol. The van der Waals surface area contributed by atoms with E-state index in [1.54, 1.807) is 38.2 Å². The molecule has 1 rings (SSSR count). The van der Waals surface area contributed by atoms with Crippen LogP contribution in [0.4, 0.5) is 5.69 Å². The van der Waals surface area contributed by atoms with Crippen LogP contribution in [0.25, 0.3) is 0 Å². The average molecular weight is 302 g/mol. The molecular weight excluding hydrogens is 282 g/mol. The fourth-order valence-corrected chi connectivity index (χ4v) is 1.28. The van der Waals surface area contributed by atoms with Crippen LogP contribution in [-0.2, 0) is 9.59 Å². The Morgan fingerprint density at radius 2 is 1.90 bits per heavy atom. The summed E-state index contributed by atoms with van der Waals surface area (Å²) in [4.78, 5) is 22.4.